The van der Waals surface area contributed by atoms with Gasteiger partial charge in [0.1, 0.15) is 12.4 Å². The van der Waals surface area contributed by atoms with E-state index in [0.717, 1.165) is 12.4 Å². The Bertz CT molecular complexity index is 353. The predicted molar refractivity (Wildman–Crippen MR) is 62.1 cm³/mol. The molecule has 2 rings (SSSR count). The molecule has 1 saturated carbocycles. The summed E-state index contributed by atoms with van der Waals surface area (Å²) in [5.41, 5.74) is 0.161. The SMILES string of the molecule is CCn1c(CO)nnc1C1(C)CCCCC1. The summed E-state index contributed by atoms with van der Waals surface area (Å²) in [4.78, 5) is 0. The first-order valence-corrected chi connectivity index (χ1v) is 6.24. The van der Waals surface area contributed by atoms with Crippen LogP contribution in [0.3, 0.4) is 0 Å². The van der Waals surface area contributed by atoms with Crippen molar-refractivity contribution in [3.8, 4) is 0 Å². The van der Waals surface area contributed by atoms with Gasteiger partial charge in [0, 0.05) is 12.0 Å². The van der Waals surface area contributed by atoms with Gasteiger partial charge >= 0.3 is 0 Å². The third-order valence-corrected chi connectivity index (χ3v) is 3.78. The van der Waals surface area contributed by atoms with Crippen LogP contribution in [0.15, 0.2) is 0 Å². The monoisotopic (exact) mass is 223 g/mol. The lowest BCUT2D eigenvalue weighted by molar-refractivity contribution is 0.259. The maximum Gasteiger partial charge on any atom is 0.158 e. The average Bonchev–Trinajstić information content (AvgIpc) is 2.73. The second-order valence-electron chi connectivity index (χ2n) is 4.96. The number of aliphatic hydroxyl groups excluding tert-OH is 1. The molecule has 90 valence electrons. The van der Waals surface area contributed by atoms with Crippen LogP contribution in [-0.2, 0) is 18.6 Å². The Morgan fingerprint density at radius 1 is 1.25 bits per heavy atom. The number of hydrogen-bond acceptors (Lipinski definition) is 3. The van der Waals surface area contributed by atoms with E-state index < -0.39 is 0 Å². The van der Waals surface area contributed by atoms with Crippen LogP contribution in [0.1, 0.15) is 57.6 Å². The molecule has 1 heterocycles. The van der Waals surface area contributed by atoms with Gasteiger partial charge in [-0.15, -0.1) is 10.2 Å². The molecule has 0 amide bonds. The minimum Gasteiger partial charge on any atom is -0.388 e. The molecule has 1 aliphatic carbocycles. The fourth-order valence-corrected chi connectivity index (χ4v) is 2.79. The third kappa shape index (κ3) is 1.86. The lowest BCUT2D eigenvalue weighted by atomic mass is 9.75. The normalized spacial score (nSPS) is 19.9. The zero-order valence-corrected chi connectivity index (χ0v) is 10.2. The van der Waals surface area contributed by atoms with E-state index >= 15 is 0 Å². The minimum atomic E-state index is -0.0169. The van der Waals surface area contributed by atoms with E-state index in [0.29, 0.717) is 5.82 Å². The van der Waals surface area contributed by atoms with Gasteiger partial charge in [-0.05, 0) is 19.8 Å². The second-order valence-corrected chi connectivity index (χ2v) is 4.96. The van der Waals surface area contributed by atoms with Crippen molar-refractivity contribution >= 4 is 0 Å². The Hall–Kier alpha value is -0.900. The van der Waals surface area contributed by atoms with Gasteiger partial charge in [-0.1, -0.05) is 26.2 Å². The highest BCUT2D eigenvalue weighted by Gasteiger charge is 2.34. The van der Waals surface area contributed by atoms with Gasteiger partial charge in [0.25, 0.3) is 0 Å². The molecule has 1 aromatic rings. The van der Waals surface area contributed by atoms with Crippen molar-refractivity contribution in [3.63, 3.8) is 0 Å². The van der Waals surface area contributed by atoms with Gasteiger partial charge in [-0.2, -0.15) is 0 Å². The summed E-state index contributed by atoms with van der Waals surface area (Å²) < 4.78 is 2.07. The van der Waals surface area contributed by atoms with Crippen molar-refractivity contribution in [2.75, 3.05) is 0 Å². The molecule has 4 heteroatoms. The van der Waals surface area contributed by atoms with Crippen molar-refractivity contribution in [1.29, 1.82) is 0 Å². The van der Waals surface area contributed by atoms with E-state index in [1.807, 2.05) is 0 Å². The smallest absolute Gasteiger partial charge is 0.158 e. The summed E-state index contributed by atoms with van der Waals surface area (Å²) in [7, 11) is 0. The molecule has 0 bridgehead atoms. The van der Waals surface area contributed by atoms with E-state index in [9.17, 15) is 5.11 Å². The number of aromatic nitrogens is 3. The van der Waals surface area contributed by atoms with Gasteiger partial charge < -0.3 is 9.67 Å². The molecule has 0 saturated heterocycles. The van der Waals surface area contributed by atoms with Crippen molar-refractivity contribution in [1.82, 2.24) is 14.8 Å². The molecule has 0 aliphatic heterocycles. The molecule has 1 aromatic heterocycles. The molecular formula is C12H21N3O. The standard InChI is InChI=1S/C12H21N3O/c1-3-15-10(9-16)13-14-11(15)12(2)7-5-4-6-8-12/h16H,3-9H2,1-2H3. The van der Waals surface area contributed by atoms with E-state index in [1.165, 1.54) is 32.1 Å². The van der Waals surface area contributed by atoms with Crippen molar-refractivity contribution in [3.05, 3.63) is 11.6 Å². The summed E-state index contributed by atoms with van der Waals surface area (Å²) in [6.45, 7) is 5.19. The first-order valence-electron chi connectivity index (χ1n) is 6.24. The molecule has 1 N–H and O–H groups in total. The highest BCUT2D eigenvalue weighted by atomic mass is 16.3. The van der Waals surface area contributed by atoms with Crippen LogP contribution in [0.4, 0.5) is 0 Å². The van der Waals surface area contributed by atoms with Crippen LogP contribution in [-0.4, -0.2) is 19.9 Å². The van der Waals surface area contributed by atoms with Gasteiger partial charge in [0.15, 0.2) is 5.82 Å². The highest BCUT2D eigenvalue weighted by Crippen LogP contribution is 2.38. The Kier molecular flexibility index (Phi) is 3.28. The van der Waals surface area contributed by atoms with E-state index in [-0.39, 0.29) is 12.0 Å². The molecular weight excluding hydrogens is 202 g/mol. The second kappa shape index (κ2) is 4.53. The topological polar surface area (TPSA) is 50.9 Å². The minimum absolute atomic E-state index is 0.0169. The lowest BCUT2D eigenvalue weighted by Crippen LogP contribution is -2.29. The Morgan fingerprint density at radius 2 is 1.94 bits per heavy atom. The molecule has 0 unspecified atom stereocenters. The average molecular weight is 223 g/mol. The third-order valence-electron chi connectivity index (χ3n) is 3.78. The number of aliphatic hydroxyl groups is 1. The van der Waals surface area contributed by atoms with E-state index in [2.05, 4.69) is 28.6 Å². The van der Waals surface area contributed by atoms with Crippen LogP contribution >= 0.6 is 0 Å². The van der Waals surface area contributed by atoms with Crippen LogP contribution in [0.5, 0.6) is 0 Å². The summed E-state index contributed by atoms with van der Waals surface area (Å²) in [5, 5.41) is 17.6. The lowest BCUT2D eigenvalue weighted by Gasteiger charge is -2.32. The summed E-state index contributed by atoms with van der Waals surface area (Å²) >= 11 is 0. The van der Waals surface area contributed by atoms with Crippen LogP contribution < -0.4 is 0 Å². The zero-order chi connectivity index (χ0) is 11.6. The molecule has 4 nitrogen and oxygen atoms in total. The molecule has 1 aliphatic rings. The van der Waals surface area contributed by atoms with Gasteiger partial charge in [0.05, 0.1) is 0 Å². The predicted octanol–water partition coefficient (Wildman–Crippen LogP) is 2.01. The molecule has 0 spiro atoms. The van der Waals surface area contributed by atoms with Crippen LogP contribution in [0.2, 0.25) is 0 Å². The fraction of sp³-hybridized carbons (Fsp3) is 0.833. The summed E-state index contributed by atoms with van der Waals surface area (Å²) in [5.74, 6) is 1.77. The number of hydrogen-bond donors (Lipinski definition) is 1. The van der Waals surface area contributed by atoms with Gasteiger partial charge in [-0.3, -0.25) is 0 Å². The van der Waals surface area contributed by atoms with Gasteiger partial charge in [-0.25, -0.2) is 0 Å². The summed E-state index contributed by atoms with van der Waals surface area (Å²) in [6, 6.07) is 0. The summed E-state index contributed by atoms with van der Waals surface area (Å²) in [6.07, 6.45) is 6.28. The quantitative estimate of drug-likeness (QED) is 0.852. The Balaban J connectivity index is 2.34. The van der Waals surface area contributed by atoms with Crippen molar-refractivity contribution in [2.45, 2.75) is 64.5 Å². The fourth-order valence-electron chi connectivity index (χ4n) is 2.79. The zero-order valence-electron chi connectivity index (χ0n) is 10.2. The Labute approximate surface area is 96.7 Å². The maximum atomic E-state index is 9.22. The van der Waals surface area contributed by atoms with Crippen molar-refractivity contribution < 1.29 is 5.11 Å². The number of nitrogens with zero attached hydrogens (tertiary/aromatic N) is 3. The maximum absolute atomic E-state index is 9.22. The van der Waals surface area contributed by atoms with E-state index in [4.69, 9.17) is 0 Å². The van der Waals surface area contributed by atoms with Gasteiger partial charge in [0.2, 0.25) is 0 Å². The number of rotatable bonds is 3. The molecule has 1 fully saturated rings. The van der Waals surface area contributed by atoms with E-state index in [1.54, 1.807) is 0 Å². The largest absolute Gasteiger partial charge is 0.388 e. The first-order chi connectivity index (χ1) is 7.71. The van der Waals surface area contributed by atoms with Crippen LogP contribution in [0.25, 0.3) is 0 Å². The molecule has 16 heavy (non-hydrogen) atoms. The highest BCUT2D eigenvalue weighted by molar-refractivity contribution is 5.10. The molecule has 0 aromatic carbocycles. The molecule has 0 atom stereocenters. The van der Waals surface area contributed by atoms with Crippen LogP contribution in [0, 0.1) is 0 Å². The van der Waals surface area contributed by atoms with Crippen molar-refractivity contribution in [2.24, 2.45) is 0 Å². The first kappa shape index (κ1) is 11.6. The Morgan fingerprint density at radius 3 is 2.50 bits per heavy atom. The molecule has 0 radical (unpaired) electrons.